The standard InChI is InChI=1S/C22H31N5O/c1-25-11-13-26(14-12-25)10-8-21(28)27-9-4-6-18(16-27)22-19(23)15-17-5-2-3-7-20(17)24-22/h2-3,5,7,15,18H,4,6,8-14,16,23H2,1H3. The lowest BCUT2D eigenvalue weighted by Gasteiger charge is -2.35. The first-order valence-corrected chi connectivity index (χ1v) is 10.4. The predicted molar refractivity (Wildman–Crippen MR) is 113 cm³/mol. The van der Waals surface area contributed by atoms with E-state index < -0.39 is 0 Å². The Balaban J connectivity index is 1.39. The SMILES string of the molecule is CN1CCN(CCC(=O)N2CCCC(c3nc4ccccc4cc3N)C2)CC1. The Morgan fingerprint density at radius 1 is 1.18 bits per heavy atom. The van der Waals surface area contributed by atoms with Crippen molar-refractivity contribution in [2.75, 3.05) is 58.6 Å². The zero-order valence-electron chi connectivity index (χ0n) is 16.8. The number of nitrogen functional groups attached to an aromatic ring is 1. The number of nitrogens with zero attached hydrogens (tertiary/aromatic N) is 4. The van der Waals surface area contributed by atoms with Gasteiger partial charge in [0.2, 0.25) is 5.91 Å². The van der Waals surface area contributed by atoms with Crippen molar-refractivity contribution in [1.82, 2.24) is 19.7 Å². The Hall–Kier alpha value is -2.18. The number of pyridine rings is 1. The van der Waals surface area contributed by atoms with Gasteiger partial charge < -0.3 is 20.4 Å². The summed E-state index contributed by atoms with van der Waals surface area (Å²) in [7, 11) is 2.16. The number of fused-ring (bicyclic) bond motifs is 1. The number of likely N-dealkylation sites (tertiary alicyclic amines) is 1. The Bertz CT molecular complexity index is 831. The molecule has 28 heavy (non-hydrogen) atoms. The topological polar surface area (TPSA) is 65.7 Å². The maximum atomic E-state index is 12.8. The number of likely N-dealkylation sites (N-methyl/N-ethyl adjacent to an activating group) is 1. The minimum Gasteiger partial charge on any atom is -0.397 e. The number of piperidine rings is 1. The summed E-state index contributed by atoms with van der Waals surface area (Å²) in [6, 6.07) is 10.1. The van der Waals surface area contributed by atoms with E-state index >= 15 is 0 Å². The van der Waals surface area contributed by atoms with E-state index in [9.17, 15) is 4.79 Å². The van der Waals surface area contributed by atoms with E-state index in [4.69, 9.17) is 10.7 Å². The molecule has 6 nitrogen and oxygen atoms in total. The van der Waals surface area contributed by atoms with Gasteiger partial charge in [-0.15, -0.1) is 0 Å². The minimum absolute atomic E-state index is 0.228. The van der Waals surface area contributed by atoms with Crippen molar-refractivity contribution in [3.8, 4) is 0 Å². The van der Waals surface area contributed by atoms with Gasteiger partial charge in [0, 0.05) is 63.5 Å². The molecule has 6 heteroatoms. The van der Waals surface area contributed by atoms with E-state index in [1.54, 1.807) is 0 Å². The summed E-state index contributed by atoms with van der Waals surface area (Å²) in [4.78, 5) is 24.4. The number of nitrogens with two attached hydrogens (primary N) is 1. The first-order chi connectivity index (χ1) is 13.6. The maximum absolute atomic E-state index is 12.8. The van der Waals surface area contributed by atoms with Crippen molar-refractivity contribution in [3.63, 3.8) is 0 Å². The van der Waals surface area contributed by atoms with E-state index in [-0.39, 0.29) is 11.8 Å². The molecule has 2 aliphatic heterocycles. The van der Waals surface area contributed by atoms with E-state index in [0.717, 1.165) is 80.9 Å². The molecule has 0 saturated carbocycles. The number of carbonyl (C=O) groups is 1. The normalized spacial score (nSPS) is 21.9. The second-order valence-corrected chi connectivity index (χ2v) is 8.23. The highest BCUT2D eigenvalue weighted by Crippen LogP contribution is 2.31. The van der Waals surface area contributed by atoms with Gasteiger partial charge in [0.15, 0.2) is 0 Å². The van der Waals surface area contributed by atoms with Crippen molar-refractivity contribution in [2.24, 2.45) is 0 Å². The van der Waals surface area contributed by atoms with Crippen LogP contribution in [0.25, 0.3) is 10.9 Å². The van der Waals surface area contributed by atoms with Gasteiger partial charge in [-0.2, -0.15) is 0 Å². The highest BCUT2D eigenvalue weighted by molar-refractivity contribution is 5.82. The summed E-state index contributed by atoms with van der Waals surface area (Å²) in [5.74, 6) is 0.494. The number of hydrogen-bond donors (Lipinski definition) is 1. The van der Waals surface area contributed by atoms with Crippen LogP contribution in [0.5, 0.6) is 0 Å². The van der Waals surface area contributed by atoms with Gasteiger partial charge in [-0.1, -0.05) is 18.2 Å². The second-order valence-electron chi connectivity index (χ2n) is 8.23. The lowest BCUT2D eigenvalue weighted by Crippen LogP contribution is -2.46. The lowest BCUT2D eigenvalue weighted by molar-refractivity contribution is -0.132. The summed E-state index contributed by atoms with van der Waals surface area (Å²) in [6.07, 6.45) is 2.66. The molecular weight excluding hydrogens is 350 g/mol. The van der Waals surface area contributed by atoms with Crippen LogP contribution in [0.2, 0.25) is 0 Å². The van der Waals surface area contributed by atoms with Crippen LogP contribution >= 0.6 is 0 Å². The molecule has 1 unspecified atom stereocenters. The Morgan fingerprint density at radius 3 is 2.79 bits per heavy atom. The maximum Gasteiger partial charge on any atom is 0.223 e. The van der Waals surface area contributed by atoms with Crippen LogP contribution in [0.4, 0.5) is 5.69 Å². The van der Waals surface area contributed by atoms with Gasteiger partial charge >= 0.3 is 0 Å². The van der Waals surface area contributed by atoms with Gasteiger partial charge in [-0.05, 0) is 32.0 Å². The summed E-state index contributed by atoms with van der Waals surface area (Å²) in [6.45, 7) is 6.75. The third-order valence-electron chi connectivity index (χ3n) is 6.18. The van der Waals surface area contributed by atoms with Crippen LogP contribution in [-0.4, -0.2) is 78.5 Å². The van der Waals surface area contributed by atoms with Gasteiger partial charge in [-0.25, -0.2) is 0 Å². The highest BCUT2D eigenvalue weighted by atomic mass is 16.2. The fourth-order valence-corrected chi connectivity index (χ4v) is 4.38. The fraction of sp³-hybridized carbons (Fsp3) is 0.545. The second kappa shape index (κ2) is 8.45. The van der Waals surface area contributed by atoms with E-state index in [2.05, 4.69) is 16.8 Å². The zero-order chi connectivity index (χ0) is 19.5. The zero-order valence-corrected chi connectivity index (χ0v) is 16.8. The number of piperazine rings is 1. The number of aromatic nitrogens is 1. The molecule has 2 N–H and O–H groups in total. The average molecular weight is 382 g/mol. The van der Waals surface area contributed by atoms with Gasteiger partial charge in [0.25, 0.3) is 0 Å². The van der Waals surface area contributed by atoms with E-state index in [0.29, 0.717) is 6.42 Å². The smallest absolute Gasteiger partial charge is 0.223 e. The molecule has 2 fully saturated rings. The van der Waals surface area contributed by atoms with Crippen molar-refractivity contribution in [3.05, 3.63) is 36.0 Å². The molecule has 1 atom stereocenters. The molecule has 0 radical (unpaired) electrons. The summed E-state index contributed by atoms with van der Waals surface area (Å²) >= 11 is 0. The molecule has 2 aliphatic rings. The number of hydrogen-bond acceptors (Lipinski definition) is 5. The number of benzene rings is 1. The van der Waals surface area contributed by atoms with Crippen molar-refractivity contribution in [1.29, 1.82) is 0 Å². The van der Waals surface area contributed by atoms with Crippen LogP contribution in [0.1, 0.15) is 30.9 Å². The number of carbonyl (C=O) groups excluding carboxylic acids is 1. The Labute approximate surface area is 167 Å². The van der Waals surface area contributed by atoms with E-state index in [1.165, 1.54) is 0 Å². The molecule has 2 saturated heterocycles. The van der Waals surface area contributed by atoms with Crippen molar-refractivity contribution >= 4 is 22.5 Å². The van der Waals surface area contributed by atoms with Gasteiger partial charge in [0.1, 0.15) is 0 Å². The van der Waals surface area contributed by atoms with Gasteiger partial charge in [-0.3, -0.25) is 9.78 Å². The van der Waals surface area contributed by atoms with Crippen LogP contribution in [0, 0.1) is 0 Å². The van der Waals surface area contributed by atoms with Crippen molar-refractivity contribution in [2.45, 2.75) is 25.2 Å². The third kappa shape index (κ3) is 4.28. The third-order valence-corrected chi connectivity index (χ3v) is 6.18. The predicted octanol–water partition coefficient (Wildman–Crippen LogP) is 2.16. The molecule has 1 amide bonds. The molecule has 0 spiro atoms. The number of rotatable bonds is 4. The number of anilines is 1. The van der Waals surface area contributed by atoms with Gasteiger partial charge in [0.05, 0.1) is 16.9 Å². The number of para-hydroxylation sites is 1. The quantitative estimate of drug-likeness (QED) is 0.879. The average Bonchev–Trinajstić information content (AvgIpc) is 2.72. The van der Waals surface area contributed by atoms with Crippen LogP contribution in [0.15, 0.2) is 30.3 Å². The molecule has 150 valence electrons. The Kier molecular flexibility index (Phi) is 5.78. The summed E-state index contributed by atoms with van der Waals surface area (Å²) in [5.41, 5.74) is 9.01. The number of amides is 1. The monoisotopic (exact) mass is 381 g/mol. The molecule has 3 heterocycles. The minimum atomic E-state index is 0.228. The molecule has 1 aromatic heterocycles. The van der Waals surface area contributed by atoms with Crippen LogP contribution in [-0.2, 0) is 4.79 Å². The summed E-state index contributed by atoms with van der Waals surface area (Å²) in [5, 5.41) is 1.07. The molecule has 0 bridgehead atoms. The van der Waals surface area contributed by atoms with Crippen LogP contribution < -0.4 is 5.73 Å². The van der Waals surface area contributed by atoms with E-state index in [1.807, 2.05) is 35.2 Å². The van der Waals surface area contributed by atoms with Crippen molar-refractivity contribution < 1.29 is 4.79 Å². The fourth-order valence-electron chi connectivity index (χ4n) is 4.38. The lowest BCUT2D eigenvalue weighted by atomic mass is 9.92. The largest absolute Gasteiger partial charge is 0.397 e. The molecule has 0 aliphatic carbocycles. The molecule has 4 rings (SSSR count). The van der Waals surface area contributed by atoms with Crippen LogP contribution in [0.3, 0.4) is 0 Å². The molecule has 1 aromatic carbocycles. The molecular formula is C22H31N5O. The Morgan fingerprint density at radius 2 is 1.96 bits per heavy atom. The highest BCUT2D eigenvalue weighted by Gasteiger charge is 2.27. The first-order valence-electron chi connectivity index (χ1n) is 10.4. The molecule has 2 aromatic rings. The summed E-state index contributed by atoms with van der Waals surface area (Å²) < 4.78 is 0. The first kappa shape index (κ1) is 19.2.